The highest BCUT2D eigenvalue weighted by Crippen LogP contribution is 2.57. The van der Waals surface area contributed by atoms with Crippen molar-refractivity contribution in [3.8, 4) is 0 Å². The Kier molecular flexibility index (Phi) is 24.0. The zero-order chi connectivity index (χ0) is 73.1. The summed E-state index contributed by atoms with van der Waals surface area (Å²) in [7, 11) is 0. The first-order valence-corrected chi connectivity index (χ1v) is 38.4. The summed E-state index contributed by atoms with van der Waals surface area (Å²) in [5.41, 5.74) is 8.98. The average molecular weight is 1560 g/mol. The summed E-state index contributed by atoms with van der Waals surface area (Å²) in [6, 6.07) is 45.6. The number of nitrogens with one attached hydrogen (secondary N) is 4. The molecule has 15 rings (SSSR count). The molecule has 9 aliphatic rings. The number of rotatable bonds is 12. The Bertz CT molecular complexity index is 4250. The van der Waals surface area contributed by atoms with Crippen molar-refractivity contribution in [3.63, 3.8) is 0 Å². The fraction of sp³-hybridized carbons (Fsp3) is 0.320. The molecule has 6 aromatic carbocycles. The van der Waals surface area contributed by atoms with Crippen LogP contribution >= 0.6 is 105 Å². The lowest BCUT2D eigenvalue weighted by Gasteiger charge is -2.32. The summed E-state index contributed by atoms with van der Waals surface area (Å²) in [4.78, 5) is 99.5. The fourth-order valence-electron chi connectivity index (χ4n) is 13.6. The first kappa shape index (κ1) is 75.2. The van der Waals surface area contributed by atoms with Crippen molar-refractivity contribution in [2.75, 3.05) is 58.9 Å². The number of carboxylic acids is 1. The molecule has 103 heavy (non-hydrogen) atoms. The number of carbonyl (C=O) groups excluding carboxylic acids is 5. The van der Waals surface area contributed by atoms with Crippen LogP contribution in [-0.4, -0.2) is 140 Å². The van der Waals surface area contributed by atoms with Crippen LogP contribution in [0.1, 0.15) is 111 Å². The van der Waals surface area contributed by atoms with Gasteiger partial charge in [-0.25, -0.2) is 4.79 Å². The highest BCUT2D eigenvalue weighted by molar-refractivity contribution is 8.18. The number of aliphatic carboxylic acids is 1. The molecule has 19 nitrogen and oxygen atoms in total. The number of hydrogen-bond acceptors (Lipinski definition) is 16. The summed E-state index contributed by atoms with van der Waals surface area (Å²) in [5.74, 6) is -1.09. The van der Waals surface area contributed by atoms with E-state index in [0.717, 1.165) is 79.1 Å². The molecule has 0 aliphatic carbocycles. The second kappa shape index (κ2) is 32.9. The largest absolute Gasteiger partial charge is 0.477 e. The number of amidine groups is 3. The molecule has 6 atom stereocenters. The number of carboxylic acid groups (broad SMARTS) is 1. The van der Waals surface area contributed by atoms with Crippen molar-refractivity contribution in [2.24, 2.45) is 32.7 Å². The molecule has 5 amide bonds. The van der Waals surface area contributed by atoms with Gasteiger partial charge >= 0.3 is 5.97 Å². The predicted octanol–water partition coefficient (Wildman–Crippen LogP) is 14.9. The number of amides is 5. The van der Waals surface area contributed by atoms with Gasteiger partial charge < -0.3 is 50.9 Å². The van der Waals surface area contributed by atoms with E-state index in [-0.39, 0.29) is 96.6 Å². The van der Waals surface area contributed by atoms with Gasteiger partial charge in [-0.3, -0.25) is 38.9 Å². The number of aliphatic imine (C=N–C) groups is 3. The lowest BCUT2D eigenvalue weighted by molar-refractivity contribution is -0.135. The molecule has 6 aromatic rings. The molecule has 5 N–H and O–H groups in total. The zero-order valence-corrected chi connectivity index (χ0v) is 63.9. The highest BCUT2D eigenvalue weighted by Gasteiger charge is 2.51. The van der Waals surface area contributed by atoms with Crippen LogP contribution in [-0.2, 0) is 28.8 Å². The van der Waals surface area contributed by atoms with E-state index >= 15 is 0 Å². The third kappa shape index (κ3) is 16.6. The van der Waals surface area contributed by atoms with E-state index in [1.165, 1.54) is 35.3 Å². The molecule has 0 spiro atoms. The number of piperazine rings is 3. The van der Waals surface area contributed by atoms with Crippen molar-refractivity contribution in [1.82, 2.24) is 45.8 Å². The number of allylic oxidation sites excluding steroid dienone is 3. The third-order valence-corrected chi connectivity index (χ3v) is 22.9. The number of carbonyl (C=O) groups is 6. The van der Waals surface area contributed by atoms with Gasteiger partial charge in [0.2, 0.25) is 17.7 Å². The summed E-state index contributed by atoms with van der Waals surface area (Å²) in [6.45, 7) is 16.6. The minimum Gasteiger partial charge on any atom is -0.477 e. The van der Waals surface area contributed by atoms with E-state index in [1.807, 2.05) is 159 Å². The van der Waals surface area contributed by atoms with Crippen molar-refractivity contribution < 1.29 is 33.9 Å². The van der Waals surface area contributed by atoms with Crippen LogP contribution in [0.4, 0.5) is 0 Å². The van der Waals surface area contributed by atoms with Crippen molar-refractivity contribution in [1.29, 1.82) is 0 Å². The zero-order valence-electron chi connectivity index (χ0n) is 56.9. The van der Waals surface area contributed by atoms with Gasteiger partial charge in [-0.1, -0.05) is 184 Å². The number of nitrogens with zero attached hydrogens (tertiary/aromatic N) is 8. The van der Waals surface area contributed by atoms with Gasteiger partial charge in [0.05, 0.1) is 37.8 Å². The minimum absolute atomic E-state index is 0.0464. The van der Waals surface area contributed by atoms with Gasteiger partial charge in [0.25, 0.3) is 11.8 Å². The maximum Gasteiger partial charge on any atom is 0.344 e. The van der Waals surface area contributed by atoms with Crippen LogP contribution in [0.2, 0.25) is 30.1 Å². The molecule has 0 bridgehead atoms. The molecule has 0 radical (unpaired) electrons. The quantitative estimate of drug-likeness (QED) is 0.0769. The molecule has 536 valence electrons. The molecular weight excluding hydrogens is 1490 g/mol. The van der Waals surface area contributed by atoms with Crippen molar-refractivity contribution in [2.45, 2.75) is 77.8 Å². The van der Waals surface area contributed by atoms with E-state index in [0.29, 0.717) is 77.6 Å². The molecule has 0 saturated carbocycles. The van der Waals surface area contributed by atoms with E-state index in [4.69, 9.17) is 84.6 Å². The first-order valence-electron chi connectivity index (χ1n) is 33.6. The molecule has 0 aromatic heterocycles. The highest BCUT2D eigenvalue weighted by atomic mass is 35.5. The fourth-order valence-corrected chi connectivity index (χ4v) is 18.1. The van der Waals surface area contributed by atoms with E-state index in [2.05, 4.69) is 63.7 Å². The Morgan fingerprint density at radius 1 is 0.398 bits per heavy atom. The average Bonchev–Trinajstić information content (AvgIpc) is 1.59. The Labute approximate surface area is 640 Å². The normalized spacial score (nSPS) is 22.0. The smallest absolute Gasteiger partial charge is 0.344 e. The third-order valence-electron chi connectivity index (χ3n) is 18.2. The topological polar surface area (TPSA) is 224 Å². The summed E-state index contributed by atoms with van der Waals surface area (Å²) in [5, 5.41) is 27.2. The molecule has 2 unspecified atom stereocenters. The van der Waals surface area contributed by atoms with Gasteiger partial charge in [0.15, 0.2) is 15.5 Å². The van der Waals surface area contributed by atoms with Crippen molar-refractivity contribution >= 4 is 156 Å². The maximum absolute atomic E-state index is 13.5. The van der Waals surface area contributed by atoms with Gasteiger partial charge in [-0.15, -0.1) is 0 Å². The molecule has 9 heterocycles. The Hall–Kier alpha value is -7.48. The van der Waals surface area contributed by atoms with Crippen LogP contribution in [0.25, 0.3) is 0 Å². The first-order chi connectivity index (χ1) is 49.4. The van der Waals surface area contributed by atoms with Gasteiger partial charge in [-0.2, -0.15) is 0 Å². The van der Waals surface area contributed by atoms with Gasteiger partial charge in [-0.05, 0) is 159 Å². The second-order valence-electron chi connectivity index (χ2n) is 26.2. The molecular formula is C75H74Cl6N12O7S3. The monoisotopic (exact) mass is 1560 g/mol. The van der Waals surface area contributed by atoms with Crippen LogP contribution in [0.15, 0.2) is 192 Å². The number of thioether (sulfide) groups is 3. The van der Waals surface area contributed by atoms with Crippen LogP contribution < -0.4 is 21.3 Å². The summed E-state index contributed by atoms with van der Waals surface area (Å²) >= 11 is 40.9. The summed E-state index contributed by atoms with van der Waals surface area (Å²) in [6.07, 6.45) is 0. The number of halogens is 6. The van der Waals surface area contributed by atoms with Gasteiger partial charge in [0, 0.05) is 86.5 Å². The number of benzene rings is 6. The van der Waals surface area contributed by atoms with Crippen molar-refractivity contribution in [3.05, 3.63) is 241 Å². The van der Waals surface area contributed by atoms with E-state index in [1.54, 1.807) is 9.80 Å². The standard InChI is InChI=1S/2C25H24Cl2N4O2S.C21H18Cl2N2O2S.C4H8N2O/c2*1-14(2)21-23(24(33)30-12-11-28-19(32)13-30)34-25-29-20(15-3-7-17(26)8-4-15)22(31(21)25)16-5-9-18(27)10-6-16;1-11(2)17-19(20(26)27)28-21-24-16(12-3-7-14(22)8-4-12)18(25(17)21)13-5-9-15(23)10-6-13;7-4-3-5-1-2-6-4/h2*3-10,14,20,22H,11-13H2,1-2H3,(H,28,32);3-11,16,18H,1-2H3,(H,26,27);5H,1-3H2,(H,6,7)/t2*20-,22+;;/m10../s1. The summed E-state index contributed by atoms with van der Waals surface area (Å²) < 4.78 is 0. The van der Waals surface area contributed by atoms with Gasteiger partial charge in [0.1, 0.15) is 32.8 Å². The van der Waals surface area contributed by atoms with Crippen LogP contribution in [0.5, 0.6) is 0 Å². The van der Waals surface area contributed by atoms with Crippen LogP contribution in [0.3, 0.4) is 0 Å². The Morgan fingerprint density at radius 2 is 0.670 bits per heavy atom. The van der Waals surface area contributed by atoms with E-state index in [9.17, 15) is 33.9 Å². The molecule has 9 aliphatic heterocycles. The Balaban J connectivity index is 0.000000139. The maximum atomic E-state index is 13.5. The minimum atomic E-state index is -0.913. The van der Waals surface area contributed by atoms with E-state index < -0.39 is 5.97 Å². The second-order valence-corrected chi connectivity index (χ2v) is 31.8. The predicted molar refractivity (Wildman–Crippen MR) is 414 cm³/mol. The molecule has 3 saturated heterocycles. The SMILES string of the molecule is CC(C)C1=C(C(=O)N2CCNC(=O)C2)SC2=N[C@@H](c3ccc(Cl)cc3)[C@@H](c3ccc(Cl)cc3)N21.CC(C)C1=C(C(=O)N2CCNC(=O)C2)SC2=N[C@H](c3ccc(Cl)cc3)[C@H](c3ccc(Cl)cc3)N21.CC(C)C1=C(C(=O)O)SC2=NC(c3ccc(Cl)cc3)C(c3ccc(Cl)cc3)N21.O=C1CNCCN1. The lowest BCUT2D eigenvalue weighted by Crippen LogP contribution is -2.50. The number of hydrogen-bond donors (Lipinski definition) is 5. The number of fused-ring (bicyclic) bond motifs is 3. The molecule has 3 fully saturated rings. The van der Waals surface area contributed by atoms with Crippen LogP contribution in [0, 0.1) is 17.8 Å². The Morgan fingerprint density at radius 3 is 0.913 bits per heavy atom. The molecule has 28 heteroatoms. The lowest BCUT2D eigenvalue weighted by atomic mass is 9.92.